The molecular formula is C14H26N2O3S. The zero-order chi connectivity index (χ0) is 14.6. The molecule has 2 rings (SSSR count). The third kappa shape index (κ3) is 5.05. The summed E-state index contributed by atoms with van der Waals surface area (Å²) in [6.45, 7) is 2.72. The molecule has 1 saturated heterocycles. The van der Waals surface area contributed by atoms with Crippen LogP contribution in [0.4, 0.5) is 0 Å². The van der Waals surface area contributed by atoms with Crippen LogP contribution in [0.2, 0.25) is 0 Å². The van der Waals surface area contributed by atoms with Gasteiger partial charge in [-0.1, -0.05) is 19.8 Å². The van der Waals surface area contributed by atoms with Gasteiger partial charge in [0.2, 0.25) is 5.91 Å². The topological polar surface area (TPSA) is 75.3 Å². The summed E-state index contributed by atoms with van der Waals surface area (Å²) in [6.07, 6.45) is 5.94. The maximum absolute atomic E-state index is 12.0. The second-order valence-corrected chi connectivity index (χ2v) is 8.58. The molecular weight excluding hydrogens is 276 g/mol. The Morgan fingerprint density at radius 3 is 2.80 bits per heavy atom. The highest BCUT2D eigenvalue weighted by Crippen LogP contribution is 2.22. The average Bonchev–Trinajstić information content (AvgIpc) is 2.53. The van der Waals surface area contributed by atoms with Crippen molar-refractivity contribution in [2.24, 2.45) is 5.92 Å². The molecule has 3 unspecified atom stereocenters. The van der Waals surface area contributed by atoms with E-state index in [-0.39, 0.29) is 35.9 Å². The van der Waals surface area contributed by atoms with E-state index in [0.29, 0.717) is 6.54 Å². The third-order valence-corrected chi connectivity index (χ3v) is 6.09. The van der Waals surface area contributed by atoms with Crippen LogP contribution in [0, 0.1) is 5.92 Å². The number of amides is 1. The summed E-state index contributed by atoms with van der Waals surface area (Å²) >= 11 is 0. The fraction of sp³-hybridized carbons (Fsp3) is 0.929. The van der Waals surface area contributed by atoms with E-state index in [1.165, 1.54) is 19.3 Å². The molecule has 0 radical (unpaired) electrons. The Morgan fingerprint density at radius 2 is 2.05 bits per heavy atom. The summed E-state index contributed by atoms with van der Waals surface area (Å²) in [5.74, 6) is 1.01. The van der Waals surface area contributed by atoms with Crippen molar-refractivity contribution in [2.75, 3.05) is 18.1 Å². The fourth-order valence-corrected chi connectivity index (χ4v) is 4.58. The standard InChI is InChI=1S/C14H26N2O3S/c1-11-3-2-4-12(6-5-11)16-14(17)9-13-10-20(18,19)8-7-15-13/h11-13,15H,2-10H2,1H3,(H,16,17). The number of carbonyl (C=O) groups excluding carboxylic acids is 1. The highest BCUT2D eigenvalue weighted by molar-refractivity contribution is 7.91. The van der Waals surface area contributed by atoms with Gasteiger partial charge in [0, 0.05) is 25.0 Å². The third-order valence-electron chi connectivity index (χ3n) is 4.36. The van der Waals surface area contributed by atoms with Crippen molar-refractivity contribution >= 4 is 15.7 Å². The number of sulfone groups is 1. The first-order valence-electron chi connectivity index (χ1n) is 7.68. The lowest BCUT2D eigenvalue weighted by Gasteiger charge is -2.24. The van der Waals surface area contributed by atoms with Gasteiger partial charge in [0.05, 0.1) is 11.5 Å². The van der Waals surface area contributed by atoms with Crippen LogP contribution in [0.3, 0.4) is 0 Å². The molecule has 5 nitrogen and oxygen atoms in total. The number of carbonyl (C=O) groups is 1. The molecule has 0 spiro atoms. The molecule has 0 aromatic carbocycles. The molecule has 1 saturated carbocycles. The Balaban J connectivity index is 1.77. The van der Waals surface area contributed by atoms with E-state index in [4.69, 9.17) is 0 Å². The predicted octanol–water partition coefficient (Wildman–Crippen LogP) is 0.848. The lowest BCUT2D eigenvalue weighted by molar-refractivity contribution is -0.122. The van der Waals surface area contributed by atoms with Gasteiger partial charge in [-0.05, 0) is 25.2 Å². The van der Waals surface area contributed by atoms with Gasteiger partial charge in [0.1, 0.15) is 0 Å². The highest BCUT2D eigenvalue weighted by atomic mass is 32.2. The number of hydrogen-bond donors (Lipinski definition) is 2. The minimum absolute atomic E-state index is 0.0147. The van der Waals surface area contributed by atoms with Crippen LogP contribution in [0.25, 0.3) is 0 Å². The number of hydrogen-bond acceptors (Lipinski definition) is 4. The SMILES string of the molecule is CC1CCCC(NC(=O)CC2CS(=O)(=O)CCN2)CC1. The van der Waals surface area contributed by atoms with Crippen LogP contribution < -0.4 is 10.6 Å². The molecule has 0 bridgehead atoms. The Bertz CT molecular complexity index is 436. The van der Waals surface area contributed by atoms with Crippen LogP contribution in [-0.4, -0.2) is 44.5 Å². The van der Waals surface area contributed by atoms with E-state index in [0.717, 1.165) is 18.8 Å². The van der Waals surface area contributed by atoms with E-state index in [1.54, 1.807) is 0 Å². The molecule has 2 fully saturated rings. The maximum Gasteiger partial charge on any atom is 0.221 e. The van der Waals surface area contributed by atoms with E-state index in [2.05, 4.69) is 17.6 Å². The van der Waals surface area contributed by atoms with Gasteiger partial charge in [-0.25, -0.2) is 8.42 Å². The molecule has 6 heteroatoms. The van der Waals surface area contributed by atoms with Crippen LogP contribution in [0.1, 0.15) is 45.4 Å². The Hall–Kier alpha value is -0.620. The zero-order valence-electron chi connectivity index (χ0n) is 12.2. The monoisotopic (exact) mass is 302 g/mol. The van der Waals surface area contributed by atoms with E-state index < -0.39 is 9.84 Å². The molecule has 1 aliphatic carbocycles. The molecule has 116 valence electrons. The molecule has 1 aliphatic heterocycles. The lowest BCUT2D eigenvalue weighted by atomic mass is 10.0. The molecule has 1 amide bonds. The van der Waals surface area contributed by atoms with Crippen LogP contribution >= 0.6 is 0 Å². The molecule has 20 heavy (non-hydrogen) atoms. The van der Waals surface area contributed by atoms with Crippen molar-refractivity contribution in [1.82, 2.24) is 10.6 Å². The van der Waals surface area contributed by atoms with Crippen molar-refractivity contribution in [3.8, 4) is 0 Å². The summed E-state index contributed by atoms with van der Waals surface area (Å²) in [4.78, 5) is 12.0. The van der Waals surface area contributed by atoms with E-state index in [1.807, 2.05) is 0 Å². The second kappa shape index (κ2) is 6.89. The van der Waals surface area contributed by atoms with Gasteiger partial charge < -0.3 is 10.6 Å². The summed E-state index contributed by atoms with van der Waals surface area (Å²) in [5.41, 5.74) is 0. The predicted molar refractivity (Wildman–Crippen MR) is 79.2 cm³/mol. The Labute approximate surface area is 121 Å². The van der Waals surface area contributed by atoms with Gasteiger partial charge in [-0.3, -0.25) is 4.79 Å². The van der Waals surface area contributed by atoms with Crippen molar-refractivity contribution in [1.29, 1.82) is 0 Å². The number of nitrogens with one attached hydrogen (secondary N) is 2. The fourth-order valence-electron chi connectivity index (χ4n) is 3.14. The summed E-state index contributed by atoms with van der Waals surface area (Å²) in [5, 5.41) is 6.20. The minimum Gasteiger partial charge on any atom is -0.353 e. The molecule has 2 N–H and O–H groups in total. The van der Waals surface area contributed by atoms with Crippen molar-refractivity contribution < 1.29 is 13.2 Å². The second-order valence-electron chi connectivity index (χ2n) is 6.35. The van der Waals surface area contributed by atoms with Gasteiger partial charge in [-0.15, -0.1) is 0 Å². The summed E-state index contributed by atoms with van der Waals surface area (Å²) < 4.78 is 23.1. The first kappa shape index (κ1) is 15.8. The quantitative estimate of drug-likeness (QED) is 0.758. The maximum atomic E-state index is 12.0. The van der Waals surface area contributed by atoms with E-state index in [9.17, 15) is 13.2 Å². The highest BCUT2D eigenvalue weighted by Gasteiger charge is 2.27. The smallest absolute Gasteiger partial charge is 0.221 e. The molecule has 2 aliphatic rings. The summed E-state index contributed by atoms with van der Waals surface area (Å²) in [6, 6.07) is 0.0473. The van der Waals surface area contributed by atoms with Crippen LogP contribution in [0.5, 0.6) is 0 Å². The lowest BCUT2D eigenvalue weighted by Crippen LogP contribution is -2.48. The van der Waals surface area contributed by atoms with Gasteiger partial charge in [-0.2, -0.15) is 0 Å². The molecule has 1 heterocycles. The number of rotatable bonds is 3. The zero-order valence-corrected chi connectivity index (χ0v) is 13.0. The Kier molecular flexibility index (Phi) is 5.43. The van der Waals surface area contributed by atoms with Gasteiger partial charge in [0.15, 0.2) is 9.84 Å². The largest absolute Gasteiger partial charge is 0.353 e. The van der Waals surface area contributed by atoms with Crippen LogP contribution in [-0.2, 0) is 14.6 Å². The summed E-state index contributed by atoms with van der Waals surface area (Å²) in [7, 11) is -2.97. The van der Waals surface area contributed by atoms with Crippen molar-refractivity contribution in [3.63, 3.8) is 0 Å². The van der Waals surface area contributed by atoms with E-state index >= 15 is 0 Å². The molecule has 0 aromatic heterocycles. The Morgan fingerprint density at radius 1 is 1.25 bits per heavy atom. The first-order chi connectivity index (χ1) is 9.44. The van der Waals surface area contributed by atoms with Gasteiger partial charge >= 0.3 is 0 Å². The first-order valence-corrected chi connectivity index (χ1v) is 9.50. The van der Waals surface area contributed by atoms with Crippen molar-refractivity contribution in [3.05, 3.63) is 0 Å². The minimum atomic E-state index is -2.97. The van der Waals surface area contributed by atoms with Gasteiger partial charge in [0.25, 0.3) is 0 Å². The average molecular weight is 302 g/mol. The molecule has 3 atom stereocenters. The van der Waals surface area contributed by atoms with Crippen molar-refractivity contribution in [2.45, 2.75) is 57.5 Å². The molecule has 0 aromatic rings. The normalized spacial score (nSPS) is 34.1. The van der Waals surface area contributed by atoms with Crippen LogP contribution in [0.15, 0.2) is 0 Å².